The van der Waals surface area contributed by atoms with Crippen LogP contribution in [0, 0.1) is 11.8 Å². The van der Waals surface area contributed by atoms with Crippen molar-refractivity contribution in [2.24, 2.45) is 0 Å². The average Bonchev–Trinajstić information content (AvgIpc) is 2.63. The molecular weight excluding hydrogens is 312 g/mol. The third kappa shape index (κ3) is 16.2. The zero-order valence-corrected chi connectivity index (χ0v) is 16.9. The average molecular weight is 353 g/mol. The summed E-state index contributed by atoms with van der Waals surface area (Å²) in [4.78, 5) is 11.9. The summed E-state index contributed by atoms with van der Waals surface area (Å²) in [5.74, 6) is 6.01. The molecule has 0 amide bonds. The molecule has 146 valence electrons. The number of ether oxygens (including phenoxy) is 2. The second-order valence-corrected chi connectivity index (χ2v) is 6.66. The number of hydrogen-bond donors (Lipinski definition) is 0. The summed E-state index contributed by atoms with van der Waals surface area (Å²) in [5.41, 5.74) is 0. The predicted molar refractivity (Wildman–Crippen MR) is 106 cm³/mol. The number of rotatable bonds is 16. The van der Waals surface area contributed by atoms with Crippen LogP contribution in [0.15, 0.2) is 0 Å². The van der Waals surface area contributed by atoms with E-state index >= 15 is 0 Å². The highest BCUT2D eigenvalue weighted by molar-refractivity contribution is 5.75. The molecule has 0 N–H and O–H groups in total. The molecule has 0 spiro atoms. The van der Waals surface area contributed by atoms with Crippen LogP contribution in [0.25, 0.3) is 0 Å². The van der Waals surface area contributed by atoms with Gasteiger partial charge in [0.05, 0.1) is 6.61 Å². The maximum absolute atomic E-state index is 11.9. The molecule has 0 saturated heterocycles. The topological polar surface area (TPSA) is 35.5 Å². The van der Waals surface area contributed by atoms with Crippen LogP contribution in [0.3, 0.4) is 0 Å². The Morgan fingerprint density at radius 2 is 1.36 bits per heavy atom. The maximum Gasteiger partial charge on any atom is 0.336 e. The van der Waals surface area contributed by atoms with Crippen molar-refractivity contribution in [1.82, 2.24) is 0 Å². The minimum atomic E-state index is -0.526. The molecule has 0 fully saturated rings. The Bertz CT molecular complexity index is 354. The van der Waals surface area contributed by atoms with Gasteiger partial charge in [-0.2, -0.15) is 0 Å². The Kier molecular flexibility index (Phi) is 18.5. The molecule has 0 bridgehead atoms. The lowest BCUT2D eigenvalue weighted by molar-refractivity contribution is -0.156. The molecule has 1 atom stereocenters. The van der Waals surface area contributed by atoms with Crippen LogP contribution in [-0.4, -0.2) is 25.3 Å². The van der Waals surface area contributed by atoms with Crippen molar-refractivity contribution < 1.29 is 14.3 Å². The number of carbonyl (C=O) groups excluding carboxylic acids is 1. The fourth-order valence-corrected chi connectivity index (χ4v) is 2.54. The Hall–Kier alpha value is -1.01. The van der Waals surface area contributed by atoms with Crippen LogP contribution in [0.4, 0.5) is 0 Å². The zero-order chi connectivity index (χ0) is 18.6. The minimum Gasteiger partial charge on any atom is -0.464 e. The van der Waals surface area contributed by atoms with Crippen LogP contribution in [-0.2, 0) is 14.3 Å². The summed E-state index contributed by atoms with van der Waals surface area (Å²) < 4.78 is 10.7. The van der Waals surface area contributed by atoms with E-state index in [1.807, 2.05) is 13.8 Å². The second-order valence-electron chi connectivity index (χ2n) is 6.66. The predicted octanol–water partition coefficient (Wildman–Crippen LogP) is 6.05. The van der Waals surface area contributed by atoms with Gasteiger partial charge in [-0.3, -0.25) is 0 Å². The van der Waals surface area contributed by atoms with Gasteiger partial charge < -0.3 is 9.47 Å². The van der Waals surface area contributed by atoms with E-state index in [0.717, 1.165) is 25.7 Å². The number of hydrogen-bond acceptors (Lipinski definition) is 3. The van der Waals surface area contributed by atoms with E-state index in [4.69, 9.17) is 9.47 Å². The standard InChI is InChI=1S/C22H40O3/c1-4-7-8-9-10-11-12-13-14-15-16-17-18-21(24-19-5-2)22(23)25-20-6-3/h21H,4-15,18-20H2,1-3H3. The largest absolute Gasteiger partial charge is 0.464 e. The first kappa shape index (κ1) is 24.0. The van der Waals surface area contributed by atoms with Crippen molar-refractivity contribution in [2.75, 3.05) is 13.2 Å². The van der Waals surface area contributed by atoms with Gasteiger partial charge in [-0.05, 0) is 19.3 Å². The molecule has 3 heteroatoms. The molecule has 0 aromatic heterocycles. The van der Waals surface area contributed by atoms with Crippen molar-refractivity contribution in [3.05, 3.63) is 0 Å². The Balaban J connectivity index is 3.75. The number of carbonyl (C=O) groups is 1. The van der Waals surface area contributed by atoms with Gasteiger partial charge in [-0.25, -0.2) is 4.79 Å². The Morgan fingerprint density at radius 1 is 0.760 bits per heavy atom. The molecule has 0 aromatic rings. The van der Waals surface area contributed by atoms with Crippen molar-refractivity contribution in [3.63, 3.8) is 0 Å². The fraction of sp³-hybridized carbons (Fsp3) is 0.864. The lowest BCUT2D eigenvalue weighted by atomic mass is 10.1. The molecule has 1 unspecified atom stereocenters. The van der Waals surface area contributed by atoms with Gasteiger partial charge in [0.15, 0.2) is 6.10 Å². The van der Waals surface area contributed by atoms with Gasteiger partial charge in [0, 0.05) is 19.4 Å². The third-order valence-corrected chi connectivity index (χ3v) is 4.05. The Morgan fingerprint density at radius 3 is 1.96 bits per heavy atom. The molecule has 0 saturated carbocycles. The van der Waals surface area contributed by atoms with Crippen molar-refractivity contribution in [2.45, 2.75) is 110 Å². The van der Waals surface area contributed by atoms with Gasteiger partial charge >= 0.3 is 5.97 Å². The van der Waals surface area contributed by atoms with Crippen LogP contribution in [0.2, 0.25) is 0 Å². The van der Waals surface area contributed by atoms with E-state index in [9.17, 15) is 4.79 Å². The van der Waals surface area contributed by atoms with Crippen LogP contribution < -0.4 is 0 Å². The summed E-state index contributed by atoms with van der Waals surface area (Å²) in [6, 6.07) is 0. The quantitative estimate of drug-likeness (QED) is 0.193. The van der Waals surface area contributed by atoms with E-state index in [0.29, 0.717) is 19.6 Å². The van der Waals surface area contributed by atoms with E-state index in [-0.39, 0.29) is 5.97 Å². The Labute approximate surface area is 156 Å². The monoisotopic (exact) mass is 352 g/mol. The second kappa shape index (κ2) is 19.3. The molecule has 3 nitrogen and oxygen atoms in total. The van der Waals surface area contributed by atoms with Crippen molar-refractivity contribution in [3.8, 4) is 11.8 Å². The van der Waals surface area contributed by atoms with Gasteiger partial charge in [0.25, 0.3) is 0 Å². The lowest BCUT2D eigenvalue weighted by Gasteiger charge is -2.13. The summed E-state index contributed by atoms with van der Waals surface area (Å²) in [6.45, 7) is 7.31. The molecule has 0 aliphatic carbocycles. The van der Waals surface area contributed by atoms with E-state index in [1.54, 1.807) is 0 Å². The summed E-state index contributed by atoms with van der Waals surface area (Å²) in [6.07, 6.45) is 14.5. The highest BCUT2D eigenvalue weighted by Gasteiger charge is 2.19. The molecule has 25 heavy (non-hydrogen) atoms. The third-order valence-electron chi connectivity index (χ3n) is 4.05. The zero-order valence-electron chi connectivity index (χ0n) is 16.9. The summed E-state index contributed by atoms with van der Waals surface area (Å²) in [5, 5.41) is 0. The van der Waals surface area contributed by atoms with Crippen molar-refractivity contribution >= 4 is 5.97 Å². The van der Waals surface area contributed by atoms with Crippen molar-refractivity contribution in [1.29, 1.82) is 0 Å². The van der Waals surface area contributed by atoms with Gasteiger partial charge in [0.1, 0.15) is 0 Å². The highest BCUT2D eigenvalue weighted by atomic mass is 16.6. The fourth-order valence-electron chi connectivity index (χ4n) is 2.54. The molecule has 0 radical (unpaired) electrons. The highest BCUT2D eigenvalue weighted by Crippen LogP contribution is 2.10. The first-order chi connectivity index (χ1) is 12.3. The molecule has 0 aliphatic heterocycles. The van der Waals surface area contributed by atoms with Crippen LogP contribution in [0.1, 0.15) is 104 Å². The summed E-state index contributed by atoms with van der Waals surface area (Å²) in [7, 11) is 0. The normalized spacial score (nSPS) is 11.6. The maximum atomic E-state index is 11.9. The minimum absolute atomic E-state index is 0.271. The molecular formula is C22H40O3. The lowest BCUT2D eigenvalue weighted by Crippen LogP contribution is -2.27. The first-order valence-electron chi connectivity index (χ1n) is 10.5. The summed E-state index contributed by atoms with van der Waals surface area (Å²) >= 11 is 0. The van der Waals surface area contributed by atoms with Crippen LogP contribution in [0.5, 0.6) is 0 Å². The number of unbranched alkanes of at least 4 members (excludes halogenated alkanes) is 9. The molecule has 0 rings (SSSR count). The van der Waals surface area contributed by atoms with E-state index < -0.39 is 6.10 Å². The first-order valence-corrected chi connectivity index (χ1v) is 10.5. The SMILES string of the molecule is CCCCCCCCCCCC#CCC(OCCC)C(=O)OCCC. The van der Waals surface area contributed by atoms with Crippen LogP contribution >= 0.6 is 0 Å². The van der Waals surface area contributed by atoms with E-state index in [2.05, 4.69) is 18.8 Å². The molecule has 0 aliphatic rings. The van der Waals surface area contributed by atoms with Gasteiger partial charge in [-0.1, -0.05) is 78.1 Å². The molecule has 0 heterocycles. The smallest absolute Gasteiger partial charge is 0.336 e. The van der Waals surface area contributed by atoms with Gasteiger partial charge in [0.2, 0.25) is 0 Å². The number of esters is 1. The van der Waals surface area contributed by atoms with Gasteiger partial charge in [-0.15, -0.1) is 5.92 Å². The van der Waals surface area contributed by atoms with E-state index in [1.165, 1.54) is 51.4 Å². The molecule has 0 aromatic carbocycles.